The lowest BCUT2D eigenvalue weighted by molar-refractivity contribution is -0.123. The molecule has 1 fully saturated rings. The van der Waals surface area contributed by atoms with Crippen molar-refractivity contribution in [2.45, 2.75) is 84.2 Å². The van der Waals surface area contributed by atoms with Gasteiger partial charge in [0.1, 0.15) is 23.1 Å². The maximum Gasteiger partial charge on any atom is 0.328 e. The van der Waals surface area contributed by atoms with E-state index in [1.165, 1.54) is 18.2 Å². The van der Waals surface area contributed by atoms with Gasteiger partial charge >= 0.3 is 5.69 Å². The predicted molar refractivity (Wildman–Crippen MR) is 360 cm³/mol. The molecule has 7 N–H and O–H groups in total. The van der Waals surface area contributed by atoms with Crippen molar-refractivity contribution in [3.8, 4) is 45.6 Å². The normalized spacial score (nSPS) is 12.5. The molecular formula is C67H87N13O10S. The fourth-order valence-electron chi connectivity index (χ4n) is 10.7. The van der Waals surface area contributed by atoms with Gasteiger partial charge in [0.05, 0.1) is 56.3 Å². The standard InChI is InChI=1S/C67H87N13O10S/c1-11-28-88-48-33-49(35-50(34-48)90-60-38-58-57(77(7)67(85)78(58)8)37-56(60)75-91-51-17-18-59(86-9)61(36-51)87-10)89-29-13-12-22-76(6)42-64(82)69-20-14-15-63(81)70-21-23-79-24-26-80(27-25-79)62-19-16-46(40-71-62)47-31-52(53(39-68)55(32-47)73-43(2)3)65(83)72-41-54-44(4)30-45(5)74-66(54)84/h16-19,30-40,43,68,73,75H,11-15,20-29,41-42H2,1-10H3,(H,69,82)(H,70,81)(H,72,83)(H,74,84). The summed E-state index contributed by atoms with van der Waals surface area (Å²) in [5.74, 6) is 3.66. The lowest BCUT2D eigenvalue weighted by Gasteiger charge is -2.35. The molecule has 0 atom stereocenters. The summed E-state index contributed by atoms with van der Waals surface area (Å²) < 4.78 is 36.4. The molecule has 0 radical (unpaired) electrons. The molecule has 4 aromatic carbocycles. The molecular weight excluding hydrogens is 1180 g/mol. The number of hydrogen-bond acceptors (Lipinski definition) is 18. The number of amides is 3. The predicted octanol–water partition coefficient (Wildman–Crippen LogP) is 8.64. The number of likely N-dealkylation sites (N-methyl/N-ethyl adjacent to an activating group) is 1. The van der Waals surface area contributed by atoms with Crippen molar-refractivity contribution >= 4 is 64.1 Å². The number of aromatic nitrogens is 4. The highest BCUT2D eigenvalue weighted by atomic mass is 32.2. The Balaban J connectivity index is 0.725. The first-order valence-electron chi connectivity index (χ1n) is 30.9. The lowest BCUT2D eigenvalue weighted by Crippen LogP contribution is -2.48. The molecule has 0 saturated carbocycles. The molecule has 24 heteroatoms. The fourth-order valence-corrected chi connectivity index (χ4v) is 11.4. The summed E-state index contributed by atoms with van der Waals surface area (Å²) in [5, 5.41) is 20.5. The summed E-state index contributed by atoms with van der Waals surface area (Å²) in [6, 6.07) is 24.4. The van der Waals surface area contributed by atoms with E-state index in [9.17, 15) is 24.0 Å². The van der Waals surface area contributed by atoms with Crippen molar-refractivity contribution in [2.24, 2.45) is 14.1 Å². The van der Waals surface area contributed by atoms with Gasteiger partial charge < -0.3 is 65.0 Å². The van der Waals surface area contributed by atoms with Gasteiger partial charge in [-0.2, -0.15) is 0 Å². The van der Waals surface area contributed by atoms with Crippen molar-refractivity contribution < 1.29 is 38.1 Å². The second-order valence-electron chi connectivity index (χ2n) is 22.9. The summed E-state index contributed by atoms with van der Waals surface area (Å²) in [7, 11) is 8.56. The number of imidazole rings is 1. The van der Waals surface area contributed by atoms with Gasteiger partial charge in [0.15, 0.2) is 17.2 Å². The van der Waals surface area contributed by atoms with E-state index in [1.807, 2.05) is 119 Å². The Labute approximate surface area is 536 Å². The Morgan fingerprint density at radius 1 is 0.769 bits per heavy atom. The van der Waals surface area contributed by atoms with E-state index in [1.54, 1.807) is 49.7 Å². The number of aryl methyl sites for hydroxylation is 4. The SMILES string of the molecule is CCCOc1cc(OCCCCN(C)CC(=O)NCCCC(=O)NCCN2CCN(c3ccc(-c4cc(NC(C)C)c(C=N)c(C(=O)NCc5c(C)cc(C)[nH]c5=O)c4)cn3)CC2)cc(Oc2cc3c(cc2NSc2ccc(OC)c(OC)c2)n(C)c(=O)n3C)c1. The summed E-state index contributed by atoms with van der Waals surface area (Å²) in [6.45, 7) is 16.4. The maximum absolute atomic E-state index is 13.7. The Kier molecular flexibility index (Phi) is 24.4. The number of H-pyrrole nitrogens is 1. The third-order valence-corrected chi connectivity index (χ3v) is 16.4. The van der Waals surface area contributed by atoms with Gasteiger partial charge in [-0.1, -0.05) is 6.92 Å². The van der Waals surface area contributed by atoms with Crippen LogP contribution in [0.4, 0.5) is 17.2 Å². The number of piperazine rings is 1. The Morgan fingerprint density at radius 2 is 1.48 bits per heavy atom. The van der Waals surface area contributed by atoms with E-state index in [4.69, 9.17) is 34.1 Å². The number of hydrogen-bond donors (Lipinski definition) is 7. The number of rotatable bonds is 33. The van der Waals surface area contributed by atoms with Crippen molar-refractivity contribution in [1.29, 1.82) is 5.41 Å². The second-order valence-corrected chi connectivity index (χ2v) is 23.8. The molecule has 0 unspecified atom stereocenters. The van der Waals surface area contributed by atoms with Gasteiger partial charge in [-0.15, -0.1) is 0 Å². The molecule has 1 saturated heterocycles. The number of ether oxygens (including phenoxy) is 5. The number of anilines is 3. The number of unbranched alkanes of at least 4 members (excludes halogenated alkanes) is 1. The summed E-state index contributed by atoms with van der Waals surface area (Å²) in [5.41, 5.74) is 6.67. The van der Waals surface area contributed by atoms with Crippen molar-refractivity contribution in [1.82, 2.24) is 44.9 Å². The molecule has 4 heterocycles. The van der Waals surface area contributed by atoms with E-state index in [2.05, 4.69) is 40.8 Å². The van der Waals surface area contributed by atoms with Crippen LogP contribution in [0.3, 0.4) is 0 Å². The molecule has 3 aromatic heterocycles. The highest BCUT2D eigenvalue weighted by Gasteiger charge is 2.22. The van der Waals surface area contributed by atoms with Gasteiger partial charge in [-0.05, 0) is 145 Å². The Hall–Kier alpha value is -9.00. The number of carbonyl (C=O) groups is 3. The van der Waals surface area contributed by atoms with Gasteiger partial charge in [0.25, 0.3) is 11.5 Å². The highest BCUT2D eigenvalue weighted by molar-refractivity contribution is 8.00. The van der Waals surface area contributed by atoms with Crippen molar-refractivity contribution in [3.05, 3.63) is 134 Å². The molecule has 8 rings (SSSR count). The average molecular weight is 1270 g/mol. The molecule has 1 aliphatic heterocycles. The highest BCUT2D eigenvalue weighted by Crippen LogP contribution is 2.40. The minimum absolute atomic E-state index is 0.0380. The number of nitrogens with one attached hydrogen (secondary N) is 7. The van der Waals surface area contributed by atoms with Crippen LogP contribution in [0.5, 0.6) is 34.5 Å². The van der Waals surface area contributed by atoms with Crippen LogP contribution in [0.1, 0.15) is 85.6 Å². The first-order chi connectivity index (χ1) is 43.8. The van der Waals surface area contributed by atoms with E-state index in [-0.39, 0.29) is 42.2 Å². The minimum atomic E-state index is -0.395. The largest absolute Gasteiger partial charge is 0.493 e. The molecule has 0 aliphatic carbocycles. The van der Waals surface area contributed by atoms with Crippen LogP contribution in [0, 0.1) is 19.3 Å². The maximum atomic E-state index is 13.7. The monoisotopic (exact) mass is 1270 g/mol. The molecule has 7 aromatic rings. The van der Waals surface area contributed by atoms with E-state index in [0.717, 1.165) is 90.6 Å². The quantitative estimate of drug-likeness (QED) is 0.0115. The van der Waals surface area contributed by atoms with Gasteiger partial charge in [0.2, 0.25) is 11.8 Å². The summed E-state index contributed by atoms with van der Waals surface area (Å²) in [4.78, 5) is 80.0. The van der Waals surface area contributed by atoms with E-state index < -0.39 is 5.91 Å². The first-order valence-corrected chi connectivity index (χ1v) is 31.7. The lowest BCUT2D eigenvalue weighted by atomic mass is 9.97. The van der Waals surface area contributed by atoms with Crippen LogP contribution in [-0.2, 0) is 30.2 Å². The molecule has 0 spiro atoms. The minimum Gasteiger partial charge on any atom is -0.493 e. The Bertz CT molecular complexity index is 3780. The first kappa shape index (κ1) is 67.9. The van der Waals surface area contributed by atoms with Crippen molar-refractivity contribution in [2.75, 3.05) is 108 Å². The number of methoxy groups -OCH3 is 2. The van der Waals surface area contributed by atoms with E-state index in [0.29, 0.717) is 114 Å². The third-order valence-electron chi connectivity index (χ3n) is 15.5. The number of carbonyl (C=O) groups excluding carboxylic acids is 3. The topological polar surface area (TPSA) is 264 Å². The smallest absolute Gasteiger partial charge is 0.328 e. The summed E-state index contributed by atoms with van der Waals surface area (Å²) in [6.07, 6.45) is 6.16. The van der Waals surface area contributed by atoms with Crippen LogP contribution in [0.25, 0.3) is 22.2 Å². The molecule has 486 valence electrons. The Morgan fingerprint density at radius 3 is 2.16 bits per heavy atom. The zero-order valence-electron chi connectivity index (χ0n) is 53.9. The number of nitrogens with zero attached hydrogens (tertiary/aromatic N) is 6. The molecule has 1 aliphatic rings. The molecule has 0 bridgehead atoms. The summed E-state index contributed by atoms with van der Waals surface area (Å²) >= 11 is 1.36. The number of pyridine rings is 2. The molecule has 3 amide bonds. The molecule has 23 nitrogen and oxygen atoms in total. The van der Waals surface area contributed by atoms with Crippen LogP contribution in [-0.4, -0.2) is 152 Å². The van der Waals surface area contributed by atoms with Crippen LogP contribution in [0.2, 0.25) is 0 Å². The zero-order valence-corrected chi connectivity index (χ0v) is 54.7. The van der Waals surface area contributed by atoms with Gasteiger partial charge in [0, 0.05) is 149 Å². The van der Waals surface area contributed by atoms with Crippen LogP contribution in [0.15, 0.2) is 99.5 Å². The molecule has 91 heavy (non-hydrogen) atoms. The number of fused-ring (bicyclic) bond motifs is 1. The van der Waals surface area contributed by atoms with Crippen LogP contribution < -0.4 is 65.8 Å². The second kappa shape index (κ2) is 32.7. The van der Waals surface area contributed by atoms with E-state index >= 15 is 0 Å². The number of aromatic amines is 1. The third kappa shape index (κ3) is 18.6. The van der Waals surface area contributed by atoms with Crippen LogP contribution >= 0.6 is 11.9 Å². The van der Waals surface area contributed by atoms with Crippen molar-refractivity contribution in [3.63, 3.8) is 0 Å². The number of benzene rings is 4. The van der Waals surface area contributed by atoms with Gasteiger partial charge in [-0.3, -0.25) is 38.1 Å². The average Bonchev–Trinajstić information content (AvgIpc) is 1.72. The fraction of sp³-hybridized carbons (Fsp3) is 0.418. The van der Waals surface area contributed by atoms with Gasteiger partial charge in [-0.25, -0.2) is 9.78 Å². The zero-order chi connectivity index (χ0) is 65.1.